The normalized spacial score (nSPS) is 10.7. The number of nitrogens with zero attached hydrogens (tertiary/aromatic N) is 2. The van der Waals surface area contributed by atoms with Crippen molar-refractivity contribution in [2.24, 2.45) is 0 Å². The molecule has 0 unspecified atom stereocenters. The number of hydrogen-bond acceptors (Lipinski definition) is 2. The van der Waals surface area contributed by atoms with Crippen LogP contribution in [0.15, 0.2) is 12.4 Å². The molecule has 0 saturated carbocycles. The van der Waals surface area contributed by atoms with Gasteiger partial charge in [0.25, 0.3) is 0 Å². The van der Waals surface area contributed by atoms with Gasteiger partial charge in [-0.3, -0.25) is 0 Å². The zero-order valence-electron chi connectivity index (χ0n) is 5.93. The minimum Gasteiger partial charge on any atom is -0.344 e. The van der Waals surface area contributed by atoms with Crippen LogP contribution in [0.4, 0.5) is 4.39 Å². The Bertz CT molecular complexity index is 393. The van der Waals surface area contributed by atoms with Gasteiger partial charge >= 0.3 is 0 Å². The molecule has 2 aromatic rings. The summed E-state index contributed by atoms with van der Waals surface area (Å²) in [5.74, 6) is -0.473. The van der Waals surface area contributed by atoms with Gasteiger partial charge in [-0.25, -0.2) is 9.97 Å². The number of halogens is 1. The first-order valence-corrected chi connectivity index (χ1v) is 3.23. The summed E-state index contributed by atoms with van der Waals surface area (Å²) < 4.78 is 12.6. The van der Waals surface area contributed by atoms with E-state index in [0.29, 0.717) is 11.2 Å². The number of H-pyrrole nitrogens is 1. The quantitative estimate of drug-likeness (QED) is 0.578. The molecule has 0 saturated heterocycles. The summed E-state index contributed by atoms with van der Waals surface area (Å²) in [7, 11) is 0. The first-order valence-electron chi connectivity index (χ1n) is 3.23. The molecule has 0 atom stereocenters. The second-order valence-electron chi connectivity index (χ2n) is 2.33. The average molecular weight is 151 g/mol. The average Bonchev–Trinajstić information content (AvgIpc) is 2.34. The van der Waals surface area contributed by atoms with E-state index in [0.717, 1.165) is 5.52 Å². The number of nitrogens with one attached hydrogen (secondary N) is 1. The van der Waals surface area contributed by atoms with Gasteiger partial charge < -0.3 is 4.98 Å². The van der Waals surface area contributed by atoms with Crippen molar-refractivity contribution in [3.63, 3.8) is 0 Å². The highest BCUT2D eigenvalue weighted by Crippen LogP contribution is 2.11. The summed E-state index contributed by atoms with van der Waals surface area (Å²) in [4.78, 5) is 10.4. The molecule has 2 heterocycles. The largest absolute Gasteiger partial charge is 0.344 e. The van der Waals surface area contributed by atoms with Crippen molar-refractivity contribution >= 4 is 11.0 Å². The van der Waals surface area contributed by atoms with Crippen molar-refractivity contribution in [2.45, 2.75) is 6.92 Å². The minimum atomic E-state index is -0.473. The zero-order chi connectivity index (χ0) is 7.84. The Balaban J connectivity index is 2.91. The van der Waals surface area contributed by atoms with Gasteiger partial charge in [-0.2, -0.15) is 4.39 Å². The Morgan fingerprint density at radius 1 is 1.55 bits per heavy atom. The molecule has 11 heavy (non-hydrogen) atoms. The van der Waals surface area contributed by atoms with Gasteiger partial charge in [0.15, 0.2) is 0 Å². The lowest BCUT2D eigenvalue weighted by Gasteiger charge is -1.92. The third kappa shape index (κ3) is 0.869. The molecule has 0 aliphatic rings. The molecule has 0 bridgehead atoms. The van der Waals surface area contributed by atoms with E-state index in [1.807, 2.05) is 0 Å². The summed E-state index contributed by atoms with van der Waals surface area (Å²) in [6, 6.07) is 1.33. The number of aromatic nitrogens is 3. The van der Waals surface area contributed by atoms with Crippen molar-refractivity contribution < 1.29 is 4.39 Å². The Labute approximate surface area is 62.3 Å². The van der Waals surface area contributed by atoms with E-state index < -0.39 is 5.95 Å². The molecular formula is C7H6FN3. The molecule has 0 aliphatic heterocycles. The van der Waals surface area contributed by atoms with E-state index in [-0.39, 0.29) is 0 Å². The fourth-order valence-corrected chi connectivity index (χ4v) is 1.07. The van der Waals surface area contributed by atoms with Crippen LogP contribution in [-0.2, 0) is 0 Å². The number of aryl methyl sites for hydroxylation is 1. The molecule has 2 rings (SSSR count). The molecule has 56 valence electrons. The first kappa shape index (κ1) is 6.27. The van der Waals surface area contributed by atoms with Gasteiger partial charge in [0, 0.05) is 6.07 Å². The smallest absolute Gasteiger partial charge is 0.215 e. The van der Waals surface area contributed by atoms with Crippen LogP contribution in [-0.4, -0.2) is 15.0 Å². The van der Waals surface area contributed by atoms with Gasteiger partial charge in [0.1, 0.15) is 5.52 Å². The highest BCUT2D eigenvalue weighted by molar-refractivity contribution is 5.76. The lowest BCUT2D eigenvalue weighted by atomic mass is 10.3. The van der Waals surface area contributed by atoms with Crippen LogP contribution in [0.2, 0.25) is 0 Å². The van der Waals surface area contributed by atoms with Gasteiger partial charge in [-0.15, -0.1) is 0 Å². The van der Waals surface area contributed by atoms with Crippen molar-refractivity contribution in [3.05, 3.63) is 24.0 Å². The second-order valence-corrected chi connectivity index (χ2v) is 2.33. The predicted molar refractivity (Wildman–Crippen MR) is 38.6 cm³/mol. The molecule has 0 amide bonds. The molecular weight excluding hydrogens is 145 g/mol. The Morgan fingerprint density at radius 3 is 3.18 bits per heavy atom. The van der Waals surface area contributed by atoms with Gasteiger partial charge in [0.05, 0.1) is 17.5 Å². The van der Waals surface area contributed by atoms with Gasteiger partial charge in [-0.05, 0) is 6.92 Å². The SMILES string of the molecule is Cc1nc(F)cc2[nH]cnc12. The molecule has 2 aromatic heterocycles. The molecule has 0 fully saturated rings. The highest BCUT2D eigenvalue weighted by Gasteiger charge is 2.02. The zero-order valence-corrected chi connectivity index (χ0v) is 5.93. The lowest BCUT2D eigenvalue weighted by Crippen LogP contribution is -1.87. The predicted octanol–water partition coefficient (Wildman–Crippen LogP) is 1.41. The van der Waals surface area contributed by atoms with Crippen molar-refractivity contribution in [3.8, 4) is 0 Å². The number of pyridine rings is 1. The molecule has 4 heteroatoms. The summed E-state index contributed by atoms with van der Waals surface area (Å²) in [5, 5.41) is 0. The maximum atomic E-state index is 12.6. The maximum Gasteiger partial charge on any atom is 0.215 e. The Kier molecular flexibility index (Phi) is 1.15. The number of imidazole rings is 1. The summed E-state index contributed by atoms with van der Waals surface area (Å²) >= 11 is 0. The van der Waals surface area contributed by atoms with Crippen molar-refractivity contribution in [2.75, 3.05) is 0 Å². The van der Waals surface area contributed by atoms with Gasteiger partial charge in [0.2, 0.25) is 5.95 Å². The van der Waals surface area contributed by atoms with Crippen LogP contribution in [0.25, 0.3) is 11.0 Å². The minimum absolute atomic E-state index is 0.473. The molecule has 0 spiro atoms. The lowest BCUT2D eigenvalue weighted by molar-refractivity contribution is 0.582. The highest BCUT2D eigenvalue weighted by atomic mass is 19.1. The van der Waals surface area contributed by atoms with Gasteiger partial charge in [-0.1, -0.05) is 0 Å². The molecule has 1 N–H and O–H groups in total. The van der Waals surface area contributed by atoms with E-state index in [1.165, 1.54) is 12.4 Å². The molecule has 0 aliphatic carbocycles. The monoisotopic (exact) mass is 151 g/mol. The molecule has 3 nitrogen and oxygen atoms in total. The molecule has 0 radical (unpaired) electrons. The van der Waals surface area contributed by atoms with Crippen LogP contribution >= 0.6 is 0 Å². The van der Waals surface area contributed by atoms with Crippen LogP contribution in [0.1, 0.15) is 5.69 Å². The first-order chi connectivity index (χ1) is 5.27. The van der Waals surface area contributed by atoms with E-state index in [1.54, 1.807) is 6.92 Å². The number of fused-ring (bicyclic) bond motifs is 1. The van der Waals surface area contributed by atoms with Crippen LogP contribution in [0, 0.1) is 12.9 Å². The molecule has 0 aromatic carbocycles. The van der Waals surface area contributed by atoms with Crippen molar-refractivity contribution in [1.82, 2.24) is 15.0 Å². The van der Waals surface area contributed by atoms with Crippen LogP contribution in [0.5, 0.6) is 0 Å². The van der Waals surface area contributed by atoms with E-state index >= 15 is 0 Å². The fraction of sp³-hybridized carbons (Fsp3) is 0.143. The third-order valence-electron chi connectivity index (χ3n) is 1.55. The van der Waals surface area contributed by atoms with Crippen LogP contribution in [0.3, 0.4) is 0 Å². The van der Waals surface area contributed by atoms with Crippen LogP contribution < -0.4 is 0 Å². The summed E-state index contributed by atoms with van der Waals surface area (Å²) in [6.45, 7) is 1.73. The Morgan fingerprint density at radius 2 is 2.36 bits per heavy atom. The van der Waals surface area contributed by atoms with E-state index in [4.69, 9.17) is 0 Å². The topological polar surface area (TPSA) is 41.6 Å². The number of aromatic amines is 1. The standard InChI is InChI=1S/C7H6FN3/c1-4-7-5(9-3-10-7)2-6(8)11-4/h2-3H,1H3,(H,9,10). The van der Waals surface area contributed by atoms with E-state index in [2.05, 4.69) is 15.0 Å². The number of hydrogen-bond donors (Lipinski definition) is 1. The van der Waals surface area contributed by atoms with E-state index in [9.17, 15) is 4.39 Å². The second kappa shape index (κ2) is 2.02. The maximum absolute atomic E-state index is 12.6. The summed E-state index contributed by atoms with van der Waals surface area (Å²) in [6.07, 6.45) is 1.53. The number of rotatable bonds is 0. The van der Waals surface area contributed by atoms with Crippen molar-refractivity contribution in [1.29, 1.82) is 0 Å². The summed E-state index contributed by atoms with van der Waals surface area (Å²) in [5.41, 5.74) is 2.03. The third-order valence-corrected chi connectivity index (χ3v) is 1.55. The Hall–Kier alpha value is -1.45. The fourth-order valence-electron chi connectivity index (χ4n) is 1.07.